The topological polar surface area (TPSA) is 356 Å². The highest BCUT2D eigenvalue weighted by Gasteiger charge is 2.50. The van der Waals surface area contributed by atoms with Gasteiger partial charge in [-0.05, 0) is 18.9 Å². The maximum absolute atomic E-state index is 13.3. The summed E-state index contributed by atoms with van der Waals surface area (Å²) in [5.74, 6) is -0.116. The van der Waals surface area contributed by atoms with Gasteiger partial charge in [0.15, 0.2) is 23.8 Å². The molecule has 2 unspecified atom stereocenters. The molecule has 3 saturated heterocycles. The first-order valence-electron chi connectivity index (χ1n) is 16.0. The number of aliphatic hydroxyl groups excluding tert-OH is 1. The maximum atomic E-state index is 13.3. The molecule has 0 aliphatic carbocycles. The smallest absolute Gasteiger partial charge is 0.455 e. The molecule has 24 nitrogen and oxygen atoms in total. The Morgan fingerprint density at radius 3 is 2.60 bits per heavy atom. The van der Waals surface area contributed by atoms with Gasteiger partial charge in [0.1, 0.15) is 54.3 Å². The van der Waals surface area contributed by atoms with E-state index in [-0.39, 0.29) is 40.9 Å². The van der Waals surface area contributed by atoms with Crippen molar-refractivity contribution in [2.24, 2.45) is 5.73 Å². The molecule has 11 N–H and O–H groups in total. The molecule has 3 aliphatic rings. The van der Waals surface area contributed by atoms with E-state index in [1.807, 2.05) is 0 Å². The fourth-order valence-corrected chi connectivity index (χ4v) is 8.26. The zero-order valence-corrected chi connectivity index (χ0v) is 30.1. The van der Waals surface area contributed by atoms with Crippen LogP contribution in [0.1, 0.15) is 31.7 Å². The molecule has 6 rings (SSSR count). The number of rotatable bonds is 15. The first-order chi connectivity index (χ1) is 25.1. The summed E-state index contributed by atoms with van der Waals surface area (Å²) in [6.07, 6.45) is -5.55. The maximum Gasteiger partial charge on any atom is 0.472 e. The fraction of sp³-hybridized carbons (Fsp3) is 0.615. The summed E-state index contributed by atoms with van der Waals surface area (Å²) in [5.41, 5.74) is 17.1. The molecule has 0 bridgehead atoms. The second kappa shape index (κ2) is 16.3. The number of phosphoric ester groups is 2. The fourth-order valence-electron chi connectivity index (χ4n) is 5.95. The van der Waals surface area contributed by atoms with Crippen molar-refractivity contribution in [3.63, 3.8) is 0 Å². The molecule has 3 aromatic rings. The number of nitrogen functional groups attached to an aromatic ring is 2. The van der Waals surface area contributed by atoms with E-state index < -0.39 is 89.5 Å². The monoisotopic (exact) mass is 808 g/mol. The van der Waals surface area contributed by atoms with Crippen molar-refractivity contribution in [2.75, 3.05) is 37.1 Å². The van der Waals surface area contributed by atoms with Crippen LogP contribution in [0.5, 0.6) is 0 Å². The van der Waals surface area contributed by atoms with Crippen molar-refractivity contribution in [3.8, 4) is 0 Å². The predicted molar refractivity (Wildman–Crippen MR) is 181 cm³/mol. The number of aliphatic hydroxyl groups is 1. The highest BCUT2D eigenvalue weighted by Crippen LogP contribution is 2.50. The number of hydrogen-bond acceptors (Lipinski definition) is 20. The Labute approximate surface area is 303 Å². The molecule has 3 aliphatic heterocycles. The lowest BCUT2D eigenvalue weighted by Gasteiger charge is -2.24. The molecule has 10 atom stereocenters. The molecule has 3 fully saturated rings. The quantitative estimate of drug-likeness (QED) is 0.0613. The minimum absolute atomic E-state index is 0.0456. The van der Waals surface area contributed by atoms with Gasteiger partial charge >= 0.3 is 27.3 Å². The molecular formula is C26H38N10O14P2S. The Bertz CT molecular complexity index is 1930. The second-order valence-corrected chi connectivity index (χ2v) is 16.1. The van der Waals surface area contributed by atoms with E-state index in [1.165, 1.54) is 29.5 Å². The number of esters is 1. The number of hydrogen-bond donors (Lipinski definition) is 8. The predicted octanol–water partition coefficient (Wildman–Crippen LogP) is -1.91. The lowest BCUT2D eigenvalue weighted by atomic mass is 10.1. The van der Waals surface area contributed by atoms with E-state index in [0.29, 0.717) is 6.42 Å². The molecule has 0 amide bonds. The van der Waals surface area contributed by atoms with Crippen LogP contribution in [0.2, 0.25) is 0 Å². The summed E-state index contributed by atoms with van der Waals surface area (Å²) in [7, 11) is -10.2. The van der Waals surface area contributed by atoms with Gasteiger partial charge in [-0.2, -0.15) is 4.98 Å². The van der Waals surface area contributed by atoms with Gasteiger partial charge in [0.05, 0.1) is 19.5 Å². The van der Waals surface area contributed by atoms with Crippen molar-refractivity contribution in [1.82, 2.24) is 34.4 Å². The van der Waals surface area contributed by atoms with Crippen LogP contribution in [0.25, 0.3) is 11.2 Å². The number of ether oxygens (including phenoxy) is 3. The Hall–Kier alpha value is -3.13. The average Bonchev–Trinajstić information content (AvgIpc) is 3.89. The normalized spacial score (nSPS) is 29.4. The van der Waals surface area contributed by atoms with Crippen LogP contribution in [0.3, 0.4) is 0 Å². The molecule has 292 valence electrons. The van der Waals surface area contributed by atoms with Crippen LogP contribution in [0, 0.1) is 0 Å². The molecule has 53 heavy (non-hydrogen) atoms. The summed E-state index contributed by atoms with van der Waals surface area (Å²) in [5, 5.41) is 14.9. The first kappa shape index (κ1) is 39.6. The third kappa shape index (κ3) is 9.58. The minimum Gasteiger partial charge on any atom is -0.455 e. The number of nitrogens with two attached hydrogens (primary N) is 3. The van der Waals surface area contributed by atoms with Gasteiger partial charge in [0.2, 0.25) is 0 Å². The lowest BCUT2D eigenvalue weighted by molar-refractivity contribution is -0.158. The van der Waals surface area contributed by atoms with Gasteiger partial charge in [-0.3, -0.25) is 27.5 Å². The van der Waals surface area contributed by atoms with E-state index in [4.69, 9.17) is 40.5 Å². The van der Waals surface area contributed by atoms with Crippen LogP contribution < -0.4 is 28.2 Å². The lowest BCUT2D eigenvalue weighted by Crippen LogP contribution is -2.43. The van der Waals surface area contributed by atoms with Crippen LogP contribution in [-0.4, -0.2) is 122 Å². The number of carbonyl (C=O) groups excluding carboxylic acids is 1. The summed E-state index contributed by atoms with van der Waals surface area (Å²) in [6.45, 7) is -0.852. The van der Waals surface area contributed by atoms with E-state index in [2.05, 4.69) is 29.8 Å². The molecule has 0 spiro atoms. The van der Waals surface area contributed by atoms with Gasteiger partial charge in [0, 0.05) is 30.3 Å². The first-order valence-corrected chi connectivity index (χ1v) is 20.1. The number of nitrogens with one attached hydrogen (secondary N) is 1. The van der Waals surface area contributed by atoms with Crippen LogP contribution >= 0.6 is 27.4 Å². The minimum atomic E-state index is -5.13. The number of phosphoric acid groups is 2. The van der Waals surface area contributed by atoms with Gasteiger partial charge in [0.25, 0.3) is 0 Å². The molecular weight excluding hydrogens is 770 g/mol. The van der Waals surface area contributed by atoms with E-state index >= 15 is 0 Å². The van der Waals surface area contributed by atoms with Crippen LogP contribution in [-0.2, 0) is 41.7 Å². The van der Waals surface area contributed by atoms with Gasteiger partial charge in [-0.1, -0.05) is 0 Å². The molecule has 27 heteroatoms. The zero-order chi connectivity index (χ0) is 38.1. The summed E-state index contributed by atoms with van der Waals surface area (Å²) in [4.78, 5) is 70.6. The number of carbonyl (C=O) groups is 1. The SMILES string of the molecule is Nc1ccn([C@H]2C[C@H](OP(=O)(O)OC[C@@H]3O[C@@H](n4cnc5c(N)ncnc54)[C@H](O)[C@@H]3OC(=O)C(N)CC[C@H]3CNCS3)[C@@H](COP(=O)(O)O)O2)c(=O)n1. The Morgan fingerprint density at radius 2 is 1.89 bits per heavy atom. The van der Waals surface area contributed by atoms with Crippen molar-refractivity contribution in [3.05, 3.63) is 35.4 Å². The van der Waals surface area contributed by atoms with Gasteiger partial charge in [-0.25, -0.2) is 28.9 Å². The van der Waals surface area contributed by atoms with Crippen molar-refractivity contribution >= 4 is 56.2 Å². The van der Waals surface area contributed by atoms with E-state index in [0.717, 1.165) is 17.0 Å². The third-order valence-electron chi connectivity index (χ3n) is 8.54. The highest BCUT2D eigenvalue weighted by molar-refractivity contribution is 8.00. The standard InChI is InChI=1S/C26H38N10O14P2S/c27-13(2-1-12-6-30-11-53-12)25(38)49-21-16(48-24(20(21)37)36-10-33-19-22(29)31-9-32-23(19)36)8-46-52(43,44)50-14-5-18(35-4-3-17(28)34-26(35)39)47-15(14)7-45-51(40,41)42/h3-4,9-10,12-16,18,20-21,24,30,37H,1-2,5-8,11,27H2,(H,43,44)(H2,28,34,39)(H2,29,31,32)(H2,40,41,42)/t12-,13?,14-,15+,16-,18+,20+,21+,24+/m0/s1. The van der Waals surface area contributed by atoms with E-state index in [1.54, 1.807) is 11.8 Å². The number of fused-ring (bicyclic) bond motifs is 1. The zero-order valence-electron chi connectivity index (χ0n) is 27.5. The Kier molecular flexibility index (Phi) is 12.2. The summed E-state index contributed by atoms with van der Waals surface area (Å²) < 4.78 is 59.5. The van der Waals surface area contributed by atoms with Gasteiger partial charge < -0.3 is 56.5 Å². The van der Waals surface area contributed by atoms with Crippen LogP contribution in [0.4, 0.5) is 11.6 Å². The number of imidazole rings is 1. The molecule has 3 aromatic heterocycles. The Balaban J connectivity index is 1.17. The van der Waals surface area contributed by atoms with Crippen molar-refractivity contribution in [2.45, 2.75) is 73.5 Å². The van der Waals surface area contributed by atoms with Gasteiger partial charge in [-0.15, -0.1) is 11.8 Å². The van der Waals surface area contributed by atoms with E-state index in [9.17, 15) is 38.5 Å². The highest BCUT2D eigenvalue weighted by atomic mass is 32.2. The van der Waals surface area contributed by atoms with Crippen LogP contribution in [0.15, 0.2) is 29.7 Å². The second-order valence-electron chi connectivity index (χ2n) is 12.2. The number of anilines is 2. The Morgan fingerprint density at radius 1 is 1.11 bits per heavy atom. The molecule has 0 saturated carbocycles. The number of thioether (sulfide) groups is 1. The van der Waals surface area contributed by atoms with Crippen molar-refractivity contribution in [1.29, 1.82) is 0 Å². The van der Waals surface area contributed by atoms with Crippen molar-refractivity contribution < 1.29 is 61.5 Å². The third-order valence-corrected chi connectivity index (χ3v) is 11.3. The summed E-state index contributed by atoms with van der Waals surface area (Å²) in [6, 6.07) is 0.226. The summed E-state index contributed by atoms with van der Waals surface area (Å²) >= 11 is 1.70. The molecule has 0 radical (unpaired) electrons. The molecule has 6 heterocycles. The molecule has 0 aromatic carbocycles. The average molecular weight is 809 g/mol. The largest absolute Gasteiger partial charge is 0.472 e. The number of aromatic nitrogens is 6. The number of nitrogens with zero attached hydrogens (tertiary/aromatic N) is 6.